The number of ether oxygens (including phenoxy) is 2. The fourth-order valence-electron chi connectivity index (χ4n) is 4.07. The van der Waals surface area contributed by atoms with Crippen LogP contribution >= 0.6 is 23.4 Å². The van der Waals surface area contributed by atoms with Crippen molar-refractivity contribution in [2.75, 3.05) is 30.6 Å². The fraction of sp³-hybridized carbons (Fsp3) is 0.207. The highest BCUT2D eigenvalue weighted by atomic mass is 35.5. The third-order valence-electron chi connectivity index (χ3n) is 6.11. The molecule has 0 radical (unpaired) electrons. The van der Waals surface area contributed by atoms with Crippen LogP contribution in [-0.2, 0) is 9.59 Å². The van der Waals surface area contributed by atoms with Crippen LogP contribution in [0.25, 0.3) is 0 Å². The van der Waals surface area contributed by atoms with Gasteiger partial charge in [-0.05, 0) is 55.8 Å². The van der Waals surface area contributed by atoms with E-state index in [4.69, 9.17) is 26.1 Å². The summed E-state index contributed by atoms with van der Waals surface area (Å²) in [5, 5.41) is 10.1. The Kier molecular flexibility index (Phi) is 9.16. The summed E-state index contributed by atoms with van der Waals surface area (Å²) in [7, 11) is 3.13. The van der Waals surface area contributed by atoms with E-state index in [1.54, 1.807) is 44.6 Å². The summed E-state index contributed by atoms with van der Waals surface area (Å²) < 4.78 is 11.0. The number of methoxy groups -OCH3 is 2. The molecule has 0 bridgehead atoms. The van der Waals surface area contributed by atoms with E-state index in [-0.39, 0.29) is 17.6 Å². The maximum absolute atomic E-state index is 13.5. The van der Waals surface area contributed by atoms with E-state index < -0.39 is 6.04 Å². The van der Waals surface area contributed by atoms with Gasteiger partial charge in [-0.25, -0.2) is 4.99 Å². The predicted octanol–water partition coefficient (Wildman–Crippen LogP) is 5.95. The van der Waals surface area contributed by atoms with E-state index in [9.17, 15) is 9.59 Å². The number of anilines is 2. The van der Waals surface area contributed by atoms with E-state index in [1.807, 2.05) is 50.2 Å². The summed E-state index contributed by atoms with van der Waals surface area (Å²) in [5.41, 5.74) is 3.86. The lowest BCUT2D eigenvalue weighted by atomic mass is 9.95. The number of carbonyl (C=O) groups excluding carboxylic acids is 2. The number of allylic oxidation sites excluding steroid dienone is 1. The molecule has 4 rings (SSSR count). The van der Waals surface area contributed by atoms with E-state index in [2.05, 4.69) is 16.0 Å². The molecule has 1 aliphatic heterocycles. The zero-order chi connectivity index (χ0) is 27.9. The molecule has 1 atom stereocenters. The van der Waals surface area contributed by atoms with E-state index in [1.165, 1.54) is 11.8 Å². The summed E-state index contributed by atoms with van der Waals surface area (Å²) in [5.74, 6) is 0.746. The number of thioether (sulfide) groups is 1. The Bertz CT molecular complexity index is 1440. The number of para-hydroxylation sites is 1. The summed E-state index contributed by atoms with van der Waals surface area (Å²) in [6, 6.07) is 19.3. The molecule has 0 fully saturated rings. The van der Waals surface area contributed by atoms with Crippen LogP contribution in [0.1, 0.15) is 24.1 Å². The number of rotatable bonds is 8. The van der Waals surface area contributed by atoms with Crippen LogP contribution in [0.5, 0.6) is 11.5 Å². The number of amidine groups is 1. The lowest BCUT2D eigenvalue weighted by Gasteiger charge is -2.27. The minimum Gasteiger partial charge on any atom is -0.497 e. The number of hydrogen-bond acceptors (Lipinski definition) is 7. The van der Waals surface area contributed by atoms with Gasteiger partial charge in [-0.1, -0.05) is 47.6 Å². The Balaban J connectivity index is 1.60. The highest BCUT2D eigenvalue weighted by Crippen LogP contribution is 2.39. The molecule has 202 valence electrons. The van der Waals surface area contributed by atoms with Crippen molar-refractivity contribution in [3.8, 4) is 11.5 Å². The van der Waals surface area contributed by atoms with Crippen molar-refractivity contribution in [2.24, 2.45) is 4.99 Å². The molecule has 0 unspecified atom stereocenters. The van der Waals surface area contributed by atoms with E-state index in [0.717, 1.165) is 5.56 Å². The Morgan fingerprint density at radius 2 is 1.77 bits per heavy atom. The standard InChI is InChI=1S/C29H29ClN4O4S/c1-17-22(30)11-8-12-23(17)33-25(35)16-39-29-31-18(2)26(28(36)32-19-9-6-5-7-10-19)27(34-29)21-14-13-20(37-3)15-24(21)38-4/h5-15,27H,16H2,1-4H3,(H,31,34)(H,32,36)(H,33,35)/t27-/m0/s1. The molecule has 0 saturated heterocycles. The van der Waals surface area contributed by atoms with Crippen molar-refractivity contribution in [2.45, 2.75) is 19.9 Å². The molecule has 1 aliphatic rings. The first-order valence-electron chi connectivity index (χ1n) is 12.1. The highest BCUT2D eigenvalue weighted by Gasteiger charge is 2.32. The van der Waals surface area contributed by atoms with Crippen molar-refractivity contribution in [1.29, 1.82) is 0 Å². The second-order valence-corrected chi connectivity index (χ2v) is 10.0. The van der Waals surface area contributed by atoms with Crippen LogP contribution in [0.3, 0.4) is 0 Å². The van der Waals surface area contributed by atoms with Gasteiger partial charge in [0, 0.05) is 33.7 Å². The summed E-state index contributed by atoms with van der Waals surface area (Å²) in [6.45, 7) is 3.66. The van der Waals surface area contributed by atoms with Crippen molar-refractivity contribution < 1.29 is 19.1 Å². The van der Waals surface area contributed by atoms with Gasteiger partial charge in [-0.3, -0.25) is 9.59 Å². The molecule has 0 saturated carbocycles. The molecule has 3 N–H and O–H groups in total. The summed E-state index contributed by atoms with van der Waals surface area (Å²) >= 11 is 7.42. The number of carbonyl (C=O) groups is 2. The maximum atomic E-state index is 13.5. The van der Waals surface area contributed by atoms with Gasteiger partial charge in [0.25, 0.3) is 5.91 Å². The van der Waals surface area contributed by atoms with Crippen LogP contribution in [0.15, 0.2) is 83.0 Å². The molecule has 10 heteroatoms. The number of hydrogen-bond donors (Lipinski definition) is 3. The molecule has 3 aromatic carbocycles. The number of amides is 2. The molecule has 8 nitrogen and oxygen atoms in total. The molecule has 39 heavy (non-hydrogen) atoms. The van der Waals surface area contributed by atoms with Gasteiger partial charge in [0.15, 0.2) is 5.17 Å². The van der Waals surface area contributed by atoms with Crippen LogP contribution in [-0.4, -0.2) is 37.0 Å². The first-order valence-corrected chi connectivity index (χ1v) is 13.5. The van der Waals surface area contributed by atoms with Crippen LogP contribution < -0.4 is 25.4 Å². The van der Waals surface area contributed by atoms with Gasteiger partial charge in [0.1, 0.15) is 17.5 Å². The predicted molar refractivity (Wildman–Crippen MR) is 158 cm³/mol. The van der Waals surface area contributed by atoms with Crippen molar-refractivity contribution in [1.82, 2.24) is 5.32 Å². The van der Waals surface area contributed by atoms with E-state index >= 15 is 0 Å². The minimum atomic E-state index is -0.684. The highest BCUT2D eigenvalue weighted by molar-refractivity contribution is 8.14. The first-order chi connectivity index (χ1) is 18.8. The maximum Gasteiger partial charge on any atom is 0.255 e. The number of benzene rings is 3. The molecule has 3 aromatic rings. The molecular weight excluding hydrogens is 536 g/mol. The number of nitrogens with one attached hydrogen (secondary N) is 3. The second-order valence-electron chi connectivity index (χ2n) is 8.68. The van der Waals surface area contributed by atoms with Crippen LogP contribution in [0.2, 0.25) is 5.02 Å². The number of halogens is 1. The van der Waals surface area contributed by atoms with Crippen molar-refractivity contribution in [3.63, 3.8) is 0 Å². The molecule has 1 heterocycles. The average Bonchev–Trinajstić information content (AvgIpc) is 2.94. The third kappa shape index (κ3) is 6.74. The number of aliphatic imine (C=N–C) groups is 1. The monoisotopic (exact) mass is 564 g/mol. The first kappa shape index (κ1) is 28.1. The Morgan fingerprint density at radius 1 is 1.00 bits per heavy atom. The van der Waals surface area contributed by atoms with Gasteiger partial charge in [-0.15, -0.1) is 0 Å². The Hall–Kier alpha value is -3.95. The quantitative estimate of drug-likeness (QED) is 0.312. The van der Waals surface area contributed by atoms with E-state index in [0.29, 0.717) is 49.9 Å². The SMILES string of the molecule is COc1ccc([C@@H]2N=C(SCC(=O)Nc3cccc(Cl)c3C)NC(C)=C2C(=O)Nc2ccccc2)c(OC)c1. The smallest absolute Gasteiger partial charge is 0.255 e. The number of nitrogens with zero attached hydrogens (tertiary/aromatic N) is 1. The van der Waals surface area contributed by atoms with Crippen molar-refractivity contribution >= 4 is 51.7 Å². The molecule has 2 amide bonds. The fourth-order valence-corrected chi connectivity index (χ4v) is 4.99. The zero-order valence-corrected chi connectivity index (χ0v) is 23.6. The molecular formula is C29H29ClN4O4S. The van der Waals surface area contributed by atoms with Gasteiger partial charge in [0.05, 0.1) is 25.5 Å². The normalized spacial score (nSPS) is 14.7. The summed E-state index contributed by atoms with van der Waals surface area (Å²) in [4.78, 5) is 31.1. The summed E-state index contributed by atoms with van der Waals surface area (Å²) in [6.07, 6.45) is 0. The molecule has 0 spiro atoms. The minimum absolute atomic E-state index is 0.100. The Morgan fingerprint density at radius 3 is 2.49 bits per heavy atom. The third-order valence-corrected chi connectivity index (χ3v) is 7.41. The molecule has 0 aromatic heterocycles. The van der Waals surface area contributed by atoms with Crippen LogP contribution in [0.4, 0.5) is 11.4 Å². The van der Waals surface area contributed by atoms with Crippen molar-refractivity contribution in [3.05, 3.63) is 94.1 Å². The largest absolute Gasteiger partial charge is 0.497 e. The molecule has 0 aliphatic carbocycles. The van der Waals surface area contributed by atoms with Gasteiger partial charge < -0.3 is 25.4 Å². The topological polar surface area (TPSA) is 101 Å². The van der Waals surface area contributed by atoms with Gasteiger partial charge in [-0.2, -0.15) is 0 Å². The van der Waals surface area contributed by atoms with Gasteiger partial charge >= 0.3 is 0 Å². The lowest BCUT2D eigenvalue weighted by molar-refractivity contribution is -0.114. The second kappa shape index (κ2) is 12.7. The van der Waals surface area contributed by atoms with Crippen LogP contribution in [0, 0.1) is 6.92 Å². The average molecular weight is 565 g/mol. The zero-order valence-electron chi connectivity index (χ0n) is 22.0. The van der Waals surface area contributed by atoms with Gasteiger partial charge in [0.2, 0.25) is 5.91 Å². The Labute approximate surface area is 236 Å². The lowest BCUT2D eigenvalue weighted by Crippen LogP contribution is -2.33.